The standard InChI is InChI=1S/C14H8BrF2NO2/c15-13-5-3-11(16)7-9(13)1-2-10-8-12(17)4-6-14(10)18(19)20/h1-8H/b2-1+. The summed E-state index contributed by atoms with van der Waals surface area (Å²) in [6.07, 6.45) is 2.86. The SMILES string of the molecule is O=[N+]([O-])c1ccc(F)cc1/C=C/c1cc(F)ccc1Br. The van der Waals surface area contributed by atoms with Gasteiger partial charge in [0.25, 0.3) is 5.69 Å². The molecule has 0 aliphatic carbocycles. The van der Waals surface area contributed by atoms with Crippen LogP contribution in [-0.2, 0) is 0 Å². The molecular weight excluding hydrogens is 332 g/mol. The number of rotatable bonds is 3. The monoisotopic (exact) mass is 339 g/mol. The van der Waals surface area contributed by atoms with Crippen molar-refractivity contribution in [3.63, 3.8) is 0 Å². The van der Waals surface area contributed by atoms with Crippen LogP contribution in [0.2, 0.25) is 0 Å². The summed E-state index contributed by atoms with van der Waals surface area (Å²) in [6.45, 7) is 0. The quantitative estimate of drug-likeness (QED) is 0.457. The molecule has 0 aliphatic heterocycles. The molecule has 3 nitrogen and oxygen atoms in total. The normalized spacial score (nSPS) is 10.9. The summed E-state index contributed by atoms with van der Waals surface area (Å²) in [5.41, 5.74) is 0.407. The molecule has 0 heterocycles. The van der Waals surface area contributed by atoms with Crippen molar-refractivity contribution in [2.45, 2.75) is 0 Å². The second-order valence-electron chi connectivity index (χ2n) is 3.96. The van der Waals surface area contributed by atoms with E-state index in [0.29, 0.717) is 10.0 Å². The molecule has 0 spiro atoms. The molecule has 2 rings (SSSR count). The van der Waals surface area contributed by atoms with Crippen molar-refractivity contribution in [2.24, 2.45) is 0 Å². The van der Waals surface area contributed by atoms with E-state index >= 15 is 0 Å². The smallest absolute Gasteiger partial charge is 0.258 e. The average Bonchev–Trinajstić information content (AvgIpc) is 2.39. The first-order valence-corrected chi connectivity index (χ1v) is 6.34. The largest absolute Gasteiger partial charge is 0.276 e. The van der Waals surface area contributed by atoms with Crippen molar-refractivity contribution in [3.8, 4) is 0 Å². The summed E-state index contributed by atoms with van der Waals surface area (Å²) in [6, 6.07) is 7.25. The molecule has 102 valence electrons. The predicted octanol–water partition coefficient (Wildman–Crippen LogP) is 4.81. The van der Waals surface area contributed by atoms with Gasteiger partial charge in [0.15, 0.2) is 0 Å². The average molecular weight is 340 g/mol. The molecule has 6 heteroatoms. The Hall–Kier alpha value is -2.08. The Bertz CT molecular complexity index is 702. The molecule has 0 aliphatic rings. The van der Waals surface area contributed by atoms with Gasteiger partial charge in [0.1, 0.15) is 11.6 Å². The van der Waals surface area contributed by atoms with Crippen LogP contribution in [0, 0.1) is 21.7 Å². The highest BCUT2D eigenvalue weighted by Crippen LogP contribution is 2.24. The highest BCUT2D eigenvalue weighted by molar-refractivity contribution is 9.10. The van der Waals surface area contributed by atoms with Gasteiger partial charge < -0.3 is 0 Å². The summed E-state index contributed by atoms with van der Waals surface area (Å²) in [7, 11) is 0. The molecule has 0 N–H and O–H groups in total. The molecular formula is C14H8BrF2NO2. The summed E-state index contributed by atoms with van der Waals surface area (Å²) in [4.78, 5) is 10.2. The van der Waals surface area contributed by atoms with Crippen molar-refractivity contribution < 1.29 is 13.7 Å². The Morgan fingerprint density at radius 3 is 2.20 bits per heavy atom. The van der Waals surface area contributed by atoms with E-state index in [2.05, 4.69) is 15.9 Å². The van der Waals surface area contributed by atoms with E-state index in [1.54, 1.807) is 0 Å². The van der Waals surface area contributed by atoms with Crippen LogP contribution in [0.25, 0.3) is 12.2 Å². The third-order valence-electron chi connectivity index (χ3n) is 2.59. The van der Waals surface area contributed by atoms with Crippen LogP contribution < -0.4 is 0 Å². The second-order valence-corrected chi connectivity index (χ2v) is 4.81. The number of nitro benzene ring substituents is 1. The Morgan fingerprint density at radius 1 is 1.00 bits per heavy atom. The lowest BCUT2D eigenvalue weighted by molar-refractivity contribution is -0.385. The molecule has 0 radical (unpaired) electrons. The zero-order chi connectivity index (χ0) is 14.7. The fourth-order valence-electron chi connectivity index (χ4n) is 1.65. The van der Waals surface area contributed by atoms with E-state index in [0.717, 1.165) is 18.2 Å². The minimum Gasteiger partial charge on any atom is -0.258 e. The fourth-order valence-corrected chi connectivity index (χ4v) is 2.03. The van der Waals surface area contributed by atoms with Crippen molar-refractivity contribution in [1.82, 2.24) is 0 Å². The van der Waals surface area contributed by atoms with Gasteiger partial charge in [-0.25, -0.2) is 8.78 Å². The van der Waals surface area contributed by atoms with Gasteiger partial charge >= 0.3 is 0 Å². The Labute approximate surface area is 121 Å². The van der Waals surface area contributed by atoms with Crippen LogP contribution in [0.3, 0.4) is 0 Å². The molecule has 20 heavy (non-hydrogen) atoms. The zero-order valence-corrected chi connectivity index (χ0v) is 11.6. The first-order chi connectivity index (χ1) is 9.47. The maximum absolute atomic E-state index is 13.2. The summed E-state index contributed by atoms with van der Waals surface area (Å²) >= 11 is 3.24. The lowest BCUT2D eigenvalue weighted by atomic mass is 10.1. The minimum atomic E-state index is -0.597. The molecule has 0 saturated heterocycles. The molecule has 0 unspecified atom stereocenters. The number of nitro groups is 1. The summed E-state index contributed by atoms with van der Waals surface area (Å²) in [5, 5.41) is 10.8. The van der Waals surface area contributed by atoms with Gasteiger partial charge in [0, 0.05) is 10.5 Å². The Morgan fingerprint density at radius 2 is 1.55 bits per heavy atom. The lowest BCUT2D eigenvalue weighted by Gasteiger charge is -2.00. The zero-order valence-electron chi connectivity index (χ0n) is 10.0. The van der Waals surface area contributed by atoms with E-state index in [4.69, 9.17) is 0 Å². The third kappa shape index (κ3) is 3.27. The van der Waals surface area contributed by atoms with Crippen molar-refractivity contribution in [1.29, 1.82) is 0 Å². The van der Waals surface area contributed by atoms with E-state index in [9.17, 15) is 18.9 Å². The van der Waals surface area contributed by atoms with Crippen LogP contribution in [0.4, 0.5) is 14.5 Å². The first-order valence-electron chi connectivity index (χ1n) is 5.54. The molecule has 2 aromatic rings. The molecule has 0 saturated carbocycles. The van der Waals surface area contributed by atoms with Gasteiger partial charge in [-0.15, -0.1) is 0 Å². The molecule has 0 amide bonds. The molecule has 0 bridgehead atoms. The first kappa shape index (κ1) is 14.3. The van der Waals surface area contributed by atoms with Crippen LogP contribution in [-0.4, -0.2) is 4.92 Å². The Kier molecular flexibility index (Phi) is 4.24. The number of benzene rings is 2. The van der Waals surface area contributed by atoms with Gasteiger partial charge in [-0.2, -0.15) is 0 Å². The second kappa shape index (κ2) is 5.92. The summed E-state index contributed by atoms with van der Waals surface area (Å²) < 4.78 is 26.9. The fraction of sp³-hybridized carbons (Fsp3) is 0. The number of halogens is 3. The van der Waals surface area contributed by atoms with Gasteiger partial charge in [0.05, 0.1) is 10.5 Å². The minimum absolute atomic E-state index is 0.117. The van der Waals surface area contributed by atoms with Crippen molar-refractivity contribution in [2.75, 3.05) is 0 Å². The van der Waals surface area contributed by atoms with Crippen molar-refractivity contribution >= 4 is 33.8 Å². The third-order valence-corrected chi connectivity index (χ3v) is 3.31. The maximum Gasteiger partial charge on any atom is 0.276 e. The van der Waals surface area contributed by atoms with Gasteiger partial charge in [-0.1, -0.05) is 22.0 Å². The number of hydrogen-bond acceptors (Lipinski definition) is 2. The molecule has 0 fully saturated rings. The van der Waals surface area contributed by atoms with E-state index < -0.39 is 16.6 Å². The van der Waals surface area contributed by atoms with Crippen LogP contribution in [0.5, 0.6) is 0 Å². The van der Waals surface area contributed by atoms with E-state index in [1.807, 2.05) is 0 Å². The number of hydrogen-bond donors (Lipinski definition) is 0. The van der Waals surface area contributed by atoms with Crippen LogP contribution >= 0.6 is 15.9 Å². The molecule has 2 aromatic carbocycles. The van der Waals surface area contributed by atoms with Crippen LogP contribution in [0.15, 0.2) is 40.9 Å². The van der Waals surface area contributed by atoms with Gasteiger partial charge in [-0.05, 0) is 42.0 Å². The lowest BCUT2D eigenvalue weighted by Crippen LogP contribution is -1.92. The van der Waals surface area contributed by atoms with E-state index in [1.165, 1.54) is 30.4 Å². The van der Waals surface area contributed by atoms with Gasteiger partial charge in [-0.3, -0.25) is 10.1 Å². The predicted molar refractivity (Wildman–Crippen MR) is 76.1 cm³/mol. The van der Waals surface area contributed by atoms with Crippen LogP contribution in [0.1, 0.15) is 11.1 Å². The van der Waals surface area contributed by atoms with Crippen molar-refractivity contribution in [3.05, 3.63) is 73.7 Å². The summed E-state index contributed by atoms with van der Waals surface area (Å²) in [5.74, 6) is -1.00. The van der Waals surface area contributed by atoms with E-state index in [-0.39, 0.29) is 11.3 Å². The van der Waals surface area contributed by atoms with Gasteiger partial charge in [0.2, 0.25) is 0 Å². The maximum atomic E-state index is 13.2. The highest BCUT2D eigenvalue weighted by Gasteiger charge is 2.12. The highest BCUT2D eigenvalue weighted by atomic mass is 79.9. The number of nitrogens with zero attached hydrogens (tertiary/aromatic N) is 1. The molecule has 0 aromatic heterocycles. The topological polar surface area (TPSA) is 43.1 Å². The molecule has 0 atom stereocenters. The Balaban J connectivity index is 2.43.